The molecule has 1 aliphatic heterocycles. The van der Waals surface area contributed by atoms with Crippen molar-refractivity contribution in [3.05, 3.63) is 27.7 Å². The quantitative estimate of drug-likeness (QED) is 0.864. The standard InChI is InChI=1S/C12H13Cl2NO5S/c1-6-9(2-3-20-6)15-21(18,19)10-5-7(13)4-8(11(10)14)12(16)17/h4-6,9,15H,2-3H2,1H3,(H,16,17). The predicted molar refractivity (Wildman–Crippen MR) is 77.6 cm³/mol. The van der Waals surface area contributed by atoms with Crippen molar-refractivity contribution in [2.24, 2.45) is 0 Å². The minimum absolute atomic E-state index is 0.0205. The van der Waals surface area contributed by atoms with Gasteiger partial charge in [-0.3, -0.25) is 0 Å². The van der Waals surface area contributed by atoms with E-state index in [1.807, 2.05) is 0 Å². The highest BCUT2D eigenvalue weighted by atomic mass is 35.5. The molecule has 9 heteroatoms. The van der Waals surface area contributed by atoms with Crippen LogP contribution in [0, 0.1) is 0 Å². The third kappa shape index (κ3) is 3.49. The normalized spacial score (nSPS) is 22.4. The van der Waals surface area contributed by atoms with Crippen LogP contribution in [0.2, 0.25) is 10.0 Å². The molecule has 0 radical (unpaired) electrons. The summed E-state index contributed by atoms with van der Waals surface area (Å²) in [7, 11) is -4.00. The van der Waals surface area contributed by atoms with Gasteiger partial charge in [0.15, 0.2) is 0 Å². The fraction of sp³-hybridized carbons (Fsp3) is 0.417. The topological polar surface area (TPSA) is 92.7 Å². The summed E-state index contributed by atoms with van der Waals surface area (Å²) in [5.41, 5.74) is -0.361. The Labute approximate surface area is 132 Å². The lowest BCUT2D eigenvalue weighted by atomic mass is 10.2. The monoisotopic (exact) mass is 353 g/mol. The lowest BCUT2D eigenvalue weighted by Crippen LogP contribution is -2.39. The number of hydrogen-bond acceptors (Lipinski definition) is 4. The Kier molecular flexibility index (Phi) is 4.79. The number of sulfonamides is 1. The maximum atomic E-state index is 12.4. The summed E-state index contributed by atoms with van der Waals surface area (Å²) in [4.78, 5) is 10.7. The fourth-order valence-electron chi connectivity index (χ4n) is 2.06. The van der Waals surface area contributed by atoms with Crippen molar-refractivity contribution in [1.29, 1.82) is 0 Å². The molecule has 21 heavy (non-hydrogen) atoms. The molecule has 1 aromatic rings. The molecule has 2 N–H and O–H groups in total. The van der Waals surface area contributed by atoms with Crippen LogP contribution in [0.3, 0.4) is 0 Å². The Balaban J connectivity index is 2.42. The van der Waals surface area contributed by atoms with Crippen molar-refractivity contribution >= 4 is 39.2 Å². The van der Waals surface area contributed by atoms with Crippen LogP contribution in [0.15, 0.2) is 17.0 Å². The molecule has 1 aliphatic rings. The van der Waals surface area contributed by atoms with Crippen LogP contribution < -0.4 is 4.72 Å². The Hall–Kier alpha value is -0.860. The van der Waals surface area contributed by atoms with Crippen LogP contribution in [0.1, 0.15) is 23.7 Å². The van der Waals surface area contributed by atoms with Crippen LogP contribution in [0.5, 0.6) is 0 Å². The van der Waals surface area contributed by atoms with Crippen molar-refractivity contribution in [2.45, 2.75) is 30.4 Å². The zero-order valence-electron chi connectivity index (χ0n) is 11.0. The van der Waals surface area contributed by atoms with E-state index in [1.165, 1.54) is 0 Å². The highest BCUT2D eigenvalue weighted by Gasteiger charge is 2.31. The van der Waals surface area contributed by atoms with Gasteiger partial charge in [0.05, 0.1) is 22.7 Å². The highest BCUT2D eigenvalue weighted by Crippen LogP contribution is 2.30. The van der Waals surface area contributed by atoms with E-state index in [-0.39, 0.29) is 26.6 Å². The smallest absolute Gasteiger partial charge is 0.337 e. The van der Waals surface area contributed by atoms with Crippen LogP contribution in [0.25, 0.3) is 0 Å². The molecule has 0 spiro atoms. The molecule has 6 nitrogen and oxygen atoms in total. The third-order valence-electron chi connectivity index (χ3n) is 3.21. The summed E-state index contributed by atoms with van der Waals surface area (Å²) < 4.78 is 32.5. The van der Waals surface area contributed by atoms with Crippen LogP contribution in [-0.4, -0.2) is 38.2 Å². The number of rotatable bonds is 4. The molecule has 1 aromatic carbocycles. The highest BCUT2D eigenvalue weighted by molar-refractivity contribution is 7.89. The van der Waals surface area contributed by atoms with Crippen molar-refractivity contribution in [3.63, 3.8) is 0 Å². The van der Waals surface area contributed by atoms with Crippen molar-refractivity contribution in [3.8, 4) is 0 Å². The van der Waals surface area contributed by atoms with E-state index in [1.54, 1.807) is 6.92 Å². The molecular weight excluding hydrogens is 341 g/mol. The van der Waals surface area contributed by atoms with Gasteiger partial charge in [0.2, 0.25) is 10.0 Å². The largest absolute Gasteiger partial charge is 0.478 e. The maximum absolute atomic E-state index is 12.4. The molecule has 0 bridgehead atoms. The van der Waals surface area contributed by atoms with Gasteiger partial charge in [0.1, 0.15) is 4.90 Å². The Morgan fingerprint density at radius 2 is 2.10 bits per heavy atom. The van der Waals surface area contributed by atoms with Gasteiger partial charge in [-0.05, 0) is 25.5 Å². The number of halogens is 2. The van der Waals surface area contributed by atoms with Gasteiger partial charge >= 0.3 is 5.97 Å². The fourth-order valence-corrected chi connectivity index (χ4v) is 4.31. The van der Waals surface area contributed by atoms with E-state index in [0.717, 1.165) is 12.1 Å². The zero-order valence-corrected chi connectivity index (χ0v) is 13.3. The summed E-state index contributed by atoms with van der Waals surface area (Å²) in [5, 5.41) is 8.64. The molecular formula is C12H13Cl2NO5S. The van der Waals surface area contributed by atoms with Gasteiger partial charge in [0, 0.05) is 11.6 Å². The Morgan fingerprint density at radius 3 is 2.62 bits per heavy atom. The van der Waals surface area contributed by atoms with Crippen molar-refractivity contribution in [2.75, 3.05) is 6.61 Å². The van der Waals surface area contributed by atoms with Gasteiger partial charge in [0.25, 0.3) is 0 Å². The molecule has 0 amide bonds. The molecule has 2 atom stereocenters. The molecule has 1 fully saturated rings. The summed E-state index contributed by atoms with van der Waals surface area (Å²) in [6.45, 7) is 2.21. The second-order valence-corrected chi connectivity index (χ2v) is 7.16. The lowest BCUT2D eigenvalue weighted by Gasteiger charge is -2.17. The number of benzene rings is 1. The first-order valence-electron chi connectivity index (χ1n) is 6.08. The zero-order chi connectivity index (χ0) is 15.8. The van der Waals surface area contributed by atoms with Crippen LogP contribution in [-0.2, 0) is 14.8 Å². The maximum Gasteiger partial charge on any atom is 0.337 e. The lowest BCUT2D eigenvalue weighted by molar-refractivity contribution is 0.0697. The van der Waals surface area contributed by atoms with E-state index in [0.29, 0.717) is 13.0 Å². The molecule has 2 unspecified atom stereocenters. The number of nitrogens with one attached hydrogen (secondary N) is 1. The first-order valence-corrected chi connectivity index (χ1v) is 8.32. The number of hydrogen-bond donors (Lipinski definition) is 2. The second-order valence-electron chi connectivity index (χ2n) is 4.66. The number of carboxylic acid groups (broad SMARTS) is 1. The minimum atomic E-state index is -4.00. The van der Waals surface area contributed by atoms with Crippen LogP contribution >= 0.6 is 23.2 Å². The predicted octanol–water partition coefficient (Wildman–Crippen LogP) is 2.15. The Morgan fingerprint density at radius 1 is 1.43 bits per heavy atom. The molecule has 0 saturated carbocycles. The number of ether oxygens (including phenoxy) is 1. The summed E-state index contributed by atoms with van der Waals surface area (Å²) in [6.07, 6.45) is 0.265. The summed E-state index contributed by atoms with van der Waals surface area (Å²) in [6, 6.07) is 1.84. The van der Waals surface area contributed by atoms with Gasteiger partial charge in [-0.25, -0.2) is 17.9 Å². The number of carboxylic acids is 1. The third-order valence-corrected chi connectivity index (χ3v) is 5.46. The first kappa shape index (κ1) is 16.5. The van der Waals surface area contributed by atoms with E-state index in [2.05, 4.69) is 4.72 Å². The molecule has 1 heterocycles. The first-order chi connectivity index (χ1) is 9.72. The molecule has 0 aliphatic carbocycles. The van der Waals surface area contributed by atoms with E-state index in [4.69, 9.17) is 33.0 Å². The Bertz CT molecular complexity index is 676. The number of carbonyl (C=O) groups is 1. The SMILES string of the molecule is CC1OCCC1NS(=O)(=O)c1cc(Cl)cc(C(=O)O)c1Cl. The number of aromatic carboxylic acids is 1. The van der Waals surface area contributed by atoms with Gasteiger partial charge in [-0.15, -0.1) is 0 Å². The van der Waals surface area contributed by atoms with E-state index < -0.39 is 22.0 Å². The van der Waals surface area contributed by atoms with Gasteiger partial charge < -0.3 is 9.84 Å². The molecule has 1 saturated heterocycles. The molecule has 2 rings (SSSR count). The summed E-state index contributed by atoms with van der Waals surface area (Å²) >= 11 is 11.7. The van der Waals surface area contributed by atoms with E-state index in [9.17, 15) is 13.2 Å². The summed E-state index contributed by atoms with van der Waals surface area (Å²) in [5.74, 6) is -1.35. The second kappa shape index (κ2) is 6.10. The van der Waals surface area contributed by atoms with E-state index >= 15 is 0 Å². The van der Waals surface area contributed by atoms with Crippen LogP contribution in [0.4, 0.5) is 0 Å². The average Bonchev–Trinajstić information content (AvgIpc) is 2.76. The van der Waals surface area contributed by atoms with Gasteiger partial charge in [-0.2, -0.15) is 0 Å². The molecule has 116 valence electrons. The van der Waals surface area contributed by atoms with Gasteiger partial charge in [-0.1, -0.05) is 23.2 Å². The van der Waals surface area contributed by atoms with Crippen molar-refractivity contribution in [1.82, 2.24) is 4.72 Å². The molecule has 0 aromatic heterocycles. The average molecular weight is 354 g/mol. The minimum Gasteiger partial charge on any atom is -0.478 e. The van der Waals surface area contributed by atoms with Crippen molar-refractivity contribution < 1.29 is 23.1 Å².